The normalized spacial score (nSPS) is 10.2. The number of rotatable bonds is 2. The van der Waals surface area contributed by atoms with Gasteiger partial charge in [0.2, 0.25) is 0 Å². The number of hydrogen-bond acceptors (Lipinski definition) is 5. The third-order valence-corrected chi connectivity index (χ3v) is 4.06. The Labute approximate surface area is 120 Å². The fraction of sp³-hybridized carbons (Fsp3) is 0.0667. The molecule has 0 amide bonds. The molecule has 0 aliphatic heterocycles. The van der Waals surface area contributed by atoms with E-state index in [1.54, 1.807) is 42.1 Å². The van der Waals surface area contributed by atoms with Crippen LogP contribution in [0.5, 0.6) is 0 Å². The van der Waals surface area contributed by atoms with E-state index in [-0.39, 0.29) is 0 Å². The molecule has 5 heteroatoms. The molecule has 3 heterocycles. The van der Waals surface area contributed by atoms with Crippen molar-refractivity contribution in [3.8, 4) is 27.2 Å². The molecule has 0 saturated carbocycles. The number of aromatic nitrogens is 3. The maximum Gasteiger partial charge on any atom is 0.125 e. The van der Waals surface area contributed by atoms with E-state index >= 15 is 0 Å². The van der Waals surface area contributed by atoms with Gasteiger partial charge >= 0.3 is 0 Å². The van der Waals surface area contributed by atoms with Crippen LogP contribution in [0.3, 0.4) is 0 Å². The number of pyridine rings is 2. The lowest BCUT2D eigenvalue weighted by atomic mass is 10.2. The summed E-state index contributed by atoms with van der Waals surface area (Å²) >= 11 is 1.56. The second-order valence-corrected chi connectivity index (χ2v) is 5.22. The van der Waals surface area contributed by atoms with Crippen LogP contribution in [0.25, 0.3) is 21.1 Å². The van der Waals surface area contributed by atoms with Gasteiger partial charge in [-0.3, -0.25) is 9.97 Å². The molecule has 3 aromatic rings. The first-order chi connectivity index (χ1) is 9.78. The minimum absolute atomic E-state index is 0.603. The van der Waals surface area contributed by atoms with Crippen molar-refractivity contribution in [2.75, 3.05) is 0 Å². The van der Waals surface area contributed by atoms with Gasteiger partial charge < -0.3 is 0 Å². The zero-order chi connectivity index (χ0) is 13.9. The quantitative estimate of drug-likeness (QED) is 0.720. The van der Waals surface area contributed by atoms with E-state index in [9.17, 15) is 0 Å². The number of nitriles is 1. The molecular weight excluding hydrogens is 268 g/mol. The van der Waals surface area contributed by atoms with Crippen LogP contribution in [0.1, 0.15) is 11.3 Å². The van der Waals surface area contributed by atoms with Gasteiger partial charge in [0.1, 0.15) is 5.01 Å². The molecule has 3 rings (SSSR count). The highest BCUT2D eigenvalue weighted by molar-refractivity contribution is 7.18. The molecular formula is C15H10N4S. The predicted octanol–water partition coefficient (Wildman–Crippen LogP) is 3.45. The smallest absolute Gasteiger partial charge is 0.125 e. The van der Waals surface area contributed by atoms with Crippen LogP contribution in [0.4, 0.5) is 0 Å². The molecule has 0 aliphatic rings. The van der Waals surface area contributed by atoms with Crippen molar-refractivity contribution in [1.29, 1.82) is 5.26 Å². The van der Waals surface area contributed by atoms with Crippen molar-refractivity contribution in [1.82, 2.24) is 15.0 Å². The summed E-state index contributed by atoms with van der Waals surface area (Å²) in [4.78, 5) is 14.0. The highest BCUT2D eigenvalue weighted by Crippen LogP contribution is 2.33. The lowest BCUT2D eigenvalue weighted by Gasteiger charge is -1.97. The Hall–Kier alpha value is -2.58. The first kappa shape index (κ1) is 12.5. The van der Waals surface area contributed by atoms with Crippen molar-refractivity contribution in [3.05, 3.63) is 54.1 Å². The molecule has 0 aliphatic carbocycles. The van der Waals surface area contributed by atoms with Gasteiger partial charge in [-0.05, 0) is 31.2 Å². The fourth-order valence-corrected chi connectivity index (χ4v) is 2.90. The Bertz CT molecular complexity index is 787. The van der Waals surface area contributed by atoms with E-state index in [1.807, 2.05) is 19.1 Å². The number of thiazole rings is 1. The number of hydrogen-bond donors (Lipinski definition) is 0. The first-order valence-electron chi connectivity index (χ1n) is 6.02. The second kappa shape index (κ2) is 5.19. The molecule has 0 aromatic carbocycles. The van der Waals surface area contributed by atoms with Gasteiger partial charge in [-0.2, -0.15) is 5.26 Å². The summed E-state index contributed by atoms with van der Waals surface area (Å²) in [6, 6.07) is 9.48. The van der Waals surface area contributed by atoms with Gasteiger partial charge in [0.25, 0.3) is 0 Å². The van der Waals surface area contributed by atoms with Crippen LogP contribution in [-0.4, -0.2) is 15.0 Å². The summed E-state index contributed by atoms with van der Waals surface area (Å²) in [7, 11) is 0. The SMILES string of the molecule is Cc1nc(-c2cccnc2)sc1-c1cc(C#N)ccn1. The summed E-state index contributed by atoms with van der Waals surface area (Å²) in [6.07, 6.45) is 5.18. The van der Waals surface area contributed by atoms with Gasteiger partial charge in [0.05, 0.1) is 27.9 Å². The Balaban J connectivity index is 2.08. The van der Waals surface area contributed by atoms with E-state index in [2.05, 4.69) is 21.0 Å². The fourth-order valence-electron chi connectivity index (χ4n) is 1.87. The lowest BCUT2D eigenvalue weighted by Crippen LogP contribution is -1.84. The second-order valence-electron chi connectivity index (χ2n) is 4.22. The molecule has 0 radical (unpaired) electrons. The third kappa shape index (κ3) is 2.29. The van der Waals surface area contributed by atoms with Crippen molar-refractivity contribution >= 4 is 11.3 Å². The summed E-state index contributed by atoms with van der Waals surface area (Å²) in [5, 5.41) is 9.88. The first-order valence-corrected chi connectivity index (χ1v) is 6.84. The Morgan fingerprint density at radius 3 is 2.90 bits per heavy atom. The topological polar surface area (TPSA) is 62.5 Å². The van der Waals surface area contributed by atoms with E-state index in [0.717, 1.165) is 26.8 Å². The maximum absolute atomic E-state index is 8.96. The summed E-state index contributed by atoms with van der Waals surface area (Å²) in [5.74, 6) is 0. The molecule has 4 nitrogen and oxygen atoms in total. The lowest BCUT2D eigenvalue weighted by molar-refractivity contribution is 1.24. The summed E-state index contributed by atoms with van der Waals surface area (Å²) in [6.45, 7) is 1.95. The third-order valence-electron chi connectivity index (χ3n) is 2.83. The van der Waals surface area contributed by atoms with Crippen molar-refractivity contribution in [3.63, 3.8) is 0 Å². The standard InChI is InChI=1S/C15H10N4S/c1-10-14(13-7-11(8-16)4-6-18-13)20-15(19-10)12-3-2-5-17-9-12/h2-7,9H,1H3. The Kier molecular flexibility index (Phi) is 3.23. The van der Waals surface area contributed by atoms with Gasteiger partial charge in [-0.15, -0.1) is 11.3 Å². The summed E-state index contributed by atoms with van der Waals surface area (Å²) < 4.78 is 0. The molecule has 0 N–H and O–H groups in total. The van der Waals surface area contributed by atoms with Gasteiger partial charge in [0, 0.05) is 24.2 Å². The van der Waals surface area contributed by atoms with Gasteiger partial charge in [-0.1, -0.05) is 0 Å². The summed E-state index contributed by atoms with van der Waals surface area (Å²) in [5.41, 5.74) is 3.29. The average molecular weight is 278 g/mol. The van der Waals surface area contributed by atoms with Crippen LogP contribution in [-0.2, 0) is 0 Å². The number of aryl methyl sites for hydroxylation is 1. The largest absolute Gasteiger partial charge is 0.264 e. The van der Waals surface area contributed by atoms with Gasteiger partial charge in [0.15, 0.2) is 0 Å². The van der Waals surface area contributed by atoms with Crippen molar-refractivity contribution in [2.24, 2.45) is 0 Å². The maximum atomic E-state index is 8.96. The molecule has 0 atom stereocenters. The van der Waals surface area contributed by atoms with E-state index < -0.39 is 0 Å². The Morgan fingerprint density at radius 1 is 1.25 bits per heavy atom. The minimum atomic E-state index is 0.603. The molecule has 0 bridgehead atoms. The average Bonchev–Trinajstić information content (AvgIpc) is 2.90. The van der Waals surface area contributed by atoms with Gasteiger partial charge in [-0.25, -0.2) is 4.98 Å². The van der Waals surface area contributed by atoms with Crippen LogP contribution in [0, 0.1) is 18.3 Å². The monoisotopic (exact) mass is 278 g/mol. The van der Waals surface area contributed by atoms with Crippen LogP contribution in [0.15, 0.2) is 42.9 Å². The van der Waals surface area contributed by atoms with Crippen LogP contribution < -0.4 is 0 Å². The van der Waals surface area contributed by atoms with Crippen molar-refractivity contribution in [2.45, 2.75) is 6.92 Å². The predicted molar refractivity (Wildman–Crippen MR) is 78.0 cm³/mol. The molecule has 0 unspecified atom stereocenters. The molecule has 96 valence electrons. The zero-order valence-corrected chi connectivity index (χ0v) is 11.6. The zero-order valence-electron chi connectivity index (χ0n) is 10.7. The molecule has 0 saturated heterocycles. The van der Waals surface area contributed by atoms with Crippen LogP contribution in [0.2, 0.25) is 0 Å². The van der Waals surface area contributed by atoms with E-state index in [1.165, 1.54) is 0 Å². The number of nitrogens with zero attached hydrogens (tertiary/aromatic N) is 4. The van der Waals surface area contributed by atoms with E-state index in [0.29, 0.717) is 5.56 Å². The highest BCUT2D eigenvalue weighted by atomic mass is 32.1. The van der Waals surface area contributed by atoms with Crippen molar-refractivity contribution < 1.29 is 0 Å². The minimum Gasteiger partial charge on any atom is -0.264 e. The molecule has 3 aromatic heterocycles. The molecule has 0 spiro atoms. The van der Waals surface area contributed by atoms with E-state index in [4.69, 9.17) is 5.26 Å². The highest BCUT2D eigenvalue weighted by Gasteiger charge is 2.12. The molecule has 0 fully saturated rings. The Morgan fingerprint density at radius 2 is 2.15 bits per heavy atom. The molecule has 20 heavy (non-hydrogen) atoms. The van der Waals surface area contributed by atoms with Crippen LogP contribution >= 0.6 is 11.3 Å².